The topological polar surface area (TPSA) is 36.9 Å². The van der Waals surface area contributed by atoms with Crippen LogP contribution >= 0.6 is 0 Å². The molecule has 2 aromatic carbocycles. The molecule has 41 heavy (non-hydrogen) atoms. The lowest BCUT2D eigenvalue weighted by molar-refractivity contribution is -0.226. The van der Waals surface area contributed by atoms with Crippen LogP contribution < -0.4 is 4.74 Å². The molecule has 3 aliphatic rings. The van der Waals surface area contributed by atoms with Crippen molar-refractivity contribution in [3.63, 3.8) is 0 Å². The molecule has 4 nitrogen and oxygen atoms in total. The zero-order valence-electron chi connectivity index (χ0n) is 23.0. The highest BCUT2D eigenvalue weighted by Crippen LogP contribution is 2.41. The first kappa shape index (κ1) is 30.2. The van der Waals surface area contributed by atoms with Crippen molar-refractivity contribution in [2.24, 2.45) is 17.8 Å². The number of rotatable bonds is 8. The van der Waals surface area contributed by atoms with Crippen molar-refractivity contribution in [1.82, 2.24) is 0 Å². The third kappa shape index (κ3) is 7.38. The second-order valence-corrected chi connectivity index (χ2v) is 11.8. The van der Waals surface area contributed by atoms with Crippen LogP contribution in [0, 0.1) is 41.0 Å². The van der Waals surface area contributed by atoms with Crippen LogP contribution in [0.2, 0.25) is 0 Å². The van der Waals surface area contributed by atoms with Gasteiger partial charge in [-0.3, -0.25) is 0 Å². The van der Waals surface area contributed by atoms with Gasteiger partial charge in [0.1, 0.15) is 11.6 Å². The van der Waals surface area contributed by atoms with Gasteiger partial charge < -0.3 is 18.9 Å². The van der Waals surface area contributed by atoms with Crippen LogP contribution in [-0.2, 0) is 20.8 Å². The molecule has 0 amide bonds. The Labute approximate surface area is 236 Å². The van der Waals surface area contributed by atoms with Gasteiger partial charge in [-0.1, -0.05) is 19.1 Å². The Morgan fingerprint density at radius 1 is 0.805 bits per heavy atom. The first-order chi connectivity index (χ1) is 19.6. The molecular weight excluding hydrogens is 550 g/mol. The summed E-state index contributed by atoms with van der Waals surface area (Å²) < 4.78 is 106. The smallest absolute Gasteiger partial charge is 0.400 e. The normalized spacial score (nSPS) is 29.3. The average molecular weight is 587 g/mol. The Hall–Kier alpha value is -2.30. The molecule has 2 aliphatic carbocycles. The van der Waals surface area contributed by atoms with Crippen LogP contribution in [0.4, 0.5) is 26.3 Å². The van der Waals surface area contributed by atoms with E-state index in [2.05, 4.69) is 11.7 Å². The molecule has 0 radical (unpaired) electrons. The van der Waals surface area contributed by atoms with Gasteiger partial charge >= 0.3 is 6.11 Å². The van der Waals surface area contributed by atoms with Gasteiger partial charge in [-0.2, -0.15) is 8.78 Å². The fourth-order valence-electron chi connectivity index (χ4n) is 6.15. The monoisotopic (exact) mass is 586 g/mol. The van der Waals surface area contributed by atoms with Crippen LogP contribution in [0.3, 0.4) is 0 Å². The van der Waals surface area contributed by atoms with E-state index >= 15 is 0 Å². The summed E-state index contributed by atoms with van der Waals surface area (Å²) in [5.41, 5.74) is 1.38. The lowest BCUT2D eigenvalue weighted by Crippen LogP contribution is -2.38. The van der Waals surface area contributed by atoms with Gasteiger partial charge in [0.05, 0.1) is 31.8 Å². The van der Waals surface area contributed by atoms with E-state index in [1.807, 2.05) is 6.07 Å². The second-order valence-electron chi connectivity index (χ2n) is 11.8. The number of hydrogen-bond acceptors (Lipinski definition) is 4. The van der Waals surface area contributed by atoms with Gasteiger partial charge in [-0.25, -0.2) is 17.6 Å². The van der Waals surface area contributed by atoms with Crippen LogP contribution in [-0.4, -0.2) is 31.7 Å². The molecule has 0 aromatic heterocycles. The maximum Gasteiger partial charge on any atom is 0.400 e. The Bertz CT molecular complexity index is 1150. The van der Waals surface area contributed by atoms with Crippen molar-refractivity contribution in [1.29, 1.82) is 0 Å². The summed E-state index contributed by atoms with van der Waals surface area (Å²) >= 11 is 0. The number of halogens is 6. The molecule has 3 fully saturated rings. The molecule has 5 rings (SSSR count). The van der Waals surface area contributed by atoms with E-state index in [1.165, 1.54) is 0 Å². The average Bonchev–Trinajstić information content (AvgIpc) is 2.96. The van der Waals surface area contributed by atoms with Gasteiger partial charge in [0.15, 0.2) is 23.7 Å². The van der Waals surface area contributed by atoms with Crippen molar-refractivity contribution < 1.29 is 45.3 Å². The summed E-state index contributed by atoms with van der Waals surface area (Å²) in [4.78, 5) is 0. The Morgan fingerprint density at radius 2 is 1.44 bits per heavy atom. The zero-order chi connectivity index (χ0) is 29.1. The fraction of sp³-hybridized carbons (Fsp3) is 0.613. The molecule has 0 atom stereocenters. The molecule has 1 saturated heterocycles. The highest BCUT2D eigenvalue weighted by Gasteiger charge is 2.44. The maximum absolute atomic E-state index is 15.0. The minimum absolute atomic E-state index is 0.0317. The lowest BCUT2D eigenvalue weighted by Gasteiger charge is -2.37. The molecule has 0 unspecified atom stereocenters. The predicted molar refractivity (Wildman–Crippen MR) is 138 cm³/mol. The Balaban J connectivity index is 1.07. The van der Waals surface area contributed by atoms with E-state index in [1.54, 1.807) is 12.1 Å². The summed E-state index contributed by atoms with van der Waals surface area (Å²) in [5, 5.41) is 0. The third-order valence-electron chi connectivity index (χ3n) is 8.63. The summed E-state index contributed by atoms with van der Waals surface area (Å²) in [6.45, 7) is 3.59. The summed E-state index contributed by atoms with van der Waals surface area (Å²) in [7, 11) is 0. The van der Waals surface area contributed by atoms with E-state index < -0.39 is 35.2 Å². The number of alkyl halides is 2. The van der Waals surface area contributed by atoms with E-state index in [4.69, 9.17) is 14.2 Å². The van der Waals surface area contributed by atoms with Gasteiger partial charge in [0.25, 0.3) is 0 Å². The Morgan fingerprint density at radius 3 is 2.05 bits per heavy atom. The van der Waals surface area contributed by atoms with Crippen molar-refractivity contribution in [3.05, 3.63) is 64.7 Å². The quantitative estimate of drug-likeness (QED) is 0.231. The van der Waals surface area contributed by atoms with Crippen molar-refractivity contribution in [2.75, 3.05) is 13.2 Å². The molecule has 226 valence electrons. The molecule has 1 heterocycles. The summed E-state index contributed by atoms with van der Waals surface area (Å²) in [6, 6.07) is 6.05. The van der Waals surface area contributed by atoms with Crippen LogP contribution in [0.1, 0.15) is 75.3 Å². The van der Waals surface area contributed by atoms with Gasteiger partial charge in [0, 0.05) is 29.5 Å². The standard InChI is InChI=1S/C31H36F6O4/c1-18-15-39-30(40-16-18)20-4-2-19(3-5-20)21-6-7-22(26(32)12-21)17-38-24-10-8-23(9-11-24)31(36,37)41-25-13-27(33)29(35)28(34)14-25/h6-7,12-14,18-20,23-24,30H,2-5,8-11,15-17H2,1H3. The molecule has 2 saturated carbocycles. The van der Waals surface area contributed by atoms with Gasteiger partial charge in [0.2, 0.25) is 0 Å². The largest absolute Gasteiger partial charge is 0.432 e. The maximum atomic E-state index is 15.0. The van der Waals surface area contributed by atoms with E-state index in [0.29, 0.717) is 42.4 Å². The van der Waals surface area contributed by atoms with Gasteiger partial charge in [-0.05, 0) is 68.9 Å². The number of benzene rings is 2. The molecule has 1 aliphatic heterocycles. The second kappa shape index (κ2) is 12.9. The van der Waals surface area contributed by atoms with E-state index in [0.717, 1.165) is 44.5 Å². The molecule has 0 bridgehead atoms. The van der Waals surface area contributed by atoms with Crippen LogP contribution in [0.15, 0.2) is 30.3 Å². The van der Waals surface area contributed by atoms with E-state index in [-0.39, 0.29) is 43.6 Å². The molecule has 2 aromatic rings. The predicted octanol–water partition coefficient (Wildman–Crippen LogP) is 8.27. The van der Waals surface area contributed by atoms with Crippen molar-refractivity contribution >= 4 is 0 Å². The molecule has 0 N–H and O–H groups in total. The SMILES string of the molecule is CC1COC(C2CCC(c3ccc(COC4CCC(C(F)(F)Oc5cc(F)c(F)c(F)c5)CC4)c(F)c3)CC2)OC1. The lowest BCUT2D eigenvalue weighted by atomic mass is 9.78. The fourth-order valence-corrected chi connectivity index (χ4v) is 6.15. The van der Waals surface area contributed by atoms with Crippen LogP contribution in [0.5, 0.6) is 5.75 Å². The minimum Gasteiger partial charge on any atom is -0.432 e. The number of ether oxygens (including phenoxy) is 4. The first-order valence-corrected chi connectivity index (χ1v) is 14.4. The van der Waals surface area contributed by atoms with Gasteiger partial charge in [-0.15, -0.1) is 0 Å². The zero-order valence-corrected chi connectivity index (χ0v) is 23.0. The molecular formula is C31H36F6O4. The highest BCUT2D eigenvalue weighted by atomic mass is 19.3. The summed E-state index contributed by atoms with van der Waals surface area (Å²) in [5.74, 6) is -6.21. The third-order valence-corrected chi connectivity index (χ3v) is 8.63. The Kier molecular flexibility index (Phi) is 9.50. The first-order valence-electron chi connectivity index (χ1n) is 14.4. The van der Waals surface area contributed by atoms with Crippen LogP contribution in [0.25, 0.3) is 0 Å². The minimum atomic E-state index is -3.70. The van der Waals surface area contributed by atoms with Crippen molar-refractivity contribution in [2.45, 2.75) is 89.3 Å². The molecule has 10 heteroatoms. The summed E-state index contributed by atoms with van der Waals surface area (Å²) in [6.07, 6.45) is 0.360. The van der Waals surface area contributed by atoms with E-state index in [9.17, 15) is 26.3 Å². The van der Waals surface area contributed by atoms with Crippen molar-refractivity contribution in [3.8, 4) is 5.75 Å². The number of hydrogen-bond donors (Lipinski definition) is 0. The molecule has 0 spiro atoms. The highest BCUT2D eigenvalue weighted by molar-refractivity contribution is 5.27.